The summed E-state index contributed by atoms with van der Waals surface area (Å²) in [5, 5.41) is 19.6. The number of hydrogen-bond acceptors (Lipinski definition) is 9. The number of anilines is 1. The molecule has 1 fully saturated rings. The number of ether oxygens (including phenoxy) is 3. The minimum atomic E-state index is -0.250. The number of morpholine rings is 1. The number of fused-ring (bicyclic) bond motifs is 1. The summed E-state index contributed by atoms with van der Waals surface area (Å²) in [6, 6.07) is 5.97. The molecule has 1 saturated heterocycles. The van der Waals surface area contributed by atoms with Crippen LogP contribution >= 0.6 is 0 Å². The molecule has 3 heterocycles. The van der Waals surface area contributed by atoms with Crippen LogP contribution in [-0.4, -0.2) is 70.7 Å². The summed E-state index contributed by atoms with van der Waals surface area (Å²) in [5.74, 6) is 2.97. The third-order valence-electron chi connectivity index (χ3n) is 4.84. The number of carboxylic acid groups (broad SMARTS) is 1. The number of nitrogens with zero attached hydrogens (tertiary/aromatic N) is 6. The van der Waals surface area contributed by atoms with Crippen molar-refractivity contribution in [2.24, 2.45) is 7.05 Å². The molecule has 1 N–H and O–H groups in total. The second-order valence-corrected chi connectivity index (χ2v) is 6.59. The SMILES string of the molecule is COc1cc2nc(N3CCOC(c4nnnn4C)C3)cc(C)c2cc1OC.O=CO. The summed E-state index contributed by atoms with van der Waals surface area (Å²) in [6.45, 7) is 3.80. The van der Waals surface area contributed by atoms with Crippen molar-refractivity contribution >= 4 is 23.2 Å². The second-order valence-electron chi connectivity index (χ2n) is 6.59. The first-order valence-electron chi connectivity index (χ1n) is 9.22. The van der Waals surface area contributed by atoms with Gasteiger partial charge in [-0.15, -0.1) is 5.10 Å². The van der Waals surface area contributed by atoms with Crippen LogP contribution in [0.5, 0.6) is 11.5 Å². The van der Waals surface area contributed by atoms with Crippen LogP contribution in [0.4, 0.5) is 5.82 Å². The first kappa shape index (κ1) is 21.2. The van der Waals surface area contributed by atoms with Gasteiger partial charge in [0, 0.05) is 25.0 Å². The maximum Gasteiger partial charge on any atom is 0.290 e. The van der Waals surface area contributed by atoms with Gasteiger partial charge in [0.2, 0.25) is 0 Å². The normalized spacial score (nSPS) is 16.0. The van der Waals surface area contributed by atoms with Gasteiger partial charge in [0.1, 0.15) is 11.9 Å². The van der Waals surface area contributed by atoms with Crippen molar-refractivity contribution in [2.45, 2.75) is 13.0 Å². The first-order chi connectivity index (χ1) is 14.5. The maximum absolute atomic E-state index is 8.36. The van der Waals surface area contributed by atoms with E-state index in [-0.39, 0.29) is 12.6 Å². The van der Waals surface area contributed by atoms with E-state index in [0.29, 0.717) is 30.5 Å². The Balaban J connectivity index is 0.000000806. The Morgan fingerprint density at radius 3 is 2.57 bits per heavy atom. The molecule has 4 rings (SSSR count). The molecule has 30 heavy (non-hydrogen) atoms. The minimum Gasteiger partial charge on any atom is -0.493 e. The molecule has 11 nitrogen and oxygen atoms in total. The monoisotopic (exact) mass is 416 g/mol. The van der Waals surface area contributed by atoms with Gasteiger partial charge in [-0.2, -0.15) is 0 Å². The van der Waals surface area contributed by atoms with E-state index in [9.17, 15) is 0 Å². The molecule has 0 amide bonds. The van der Waals surface area contributed by atoms with E-state index in [1.54, 1.807) is 18.9 Å². The summed E-state index contributed by atoms with van der Waals surface area (Å²) in [4.78, 5) is 15.4. The van der Waals surface area contributed by atoms with Crippen LogP contribution in [0.15, 0.2) is 18.2 Å². The van der Waals surface area contributed by atoms with E-state index in [2.05, 4.69) is 33.4 Å². The fourth-order valence-corrected chi connectivity index (χ4v) is 3.39. The summed E-state index contributed by atoms with van der Waals surface area (Å²) in [6.07, 6.45) is -0.193. The molecule has 1 aliphatic heterocycles. The Morgan fingerprint density at radius 2 is 1.93 bits per heavy atom. The molecule has 0 aliphatic carbocycles. The topological polar surface area (TPSA) is 125 Å². The van der Waals surface area contributed by atoms with Gasteiger partial charge < -0.3 is 24.2 Å². The molecule has 1 atom stereocenters. The number of tetrazole rings is 1. The zero-order valence-electron chi connectivity index (χ0n) is 17.3. The zero-order chi connectivity index (χ0) is 21.7. The maximum atomic E-state index is 8.36. The van der Waals surface area contributed by atoms with E-state index < -0.39 is 0 Å². The summed E-state index contributed by atoms with van der Waals surface area (Å²) >= 11 is 0. The van der Waals surface area contributed by atoms with Gasteiger partial charge in [-0.3, -0.25) is 4.79 Å². The molecule has 0 bridgehead atoms. The summed E-state index contributed by atoms with van der Waals surface area (Å²) < 4.78 is 18.4. The average Bonchev–Trinajstić information content (AvgIpc) is 3.19. The van der Waals surface area contributed by atoms with Gasteiger partial charge in [0.05, 0.1) is 32.9 Å². The highest BCUT2D eigenvalue weighted by molar-refractivity contribution is 5.87. The van der Waals surface area contributed by atoms with Crippen molar-refractivity contribution in [1.29, 1.82) is 0 Å². The molecular weight excluding hydrogens is 392 g/mol. The van der Waals surface area contributed by atoms with Gasteiger partial charge in [0.25, 0.3) is 6.47 Å². The predicted octanol–water partition coefficient (Wildman–Crippen LogP) is 1.36. The van der Waals surface area contributed by atoms with E-state index >= 15 is 0 Å². The number of benzene rings is 1. The number of carbonyl (C=O) groups is 1. The predicted molar refractivity (Wildman–Crippen MR) is 108 cm³/mol. The second kappa shape index (κ2) is 9.35. The molecule has 11 heteroatoms. The number of aromatic nitrogens is 5. The minimum absolute atomic E-state index is 0.193. The summed E-state index contributed by atoms with van der Waals surface area (Å²) in [5.41, 5.74) is 1.99. The number of methoxy groups -OCH3 is 2. The summed E-state index contributed by atoms with van der Waals surface area (Å²) in [7, 11) is 5.08. The fourth-order valence-electron chi connectivity index (χ4n) is 3.39. The van der Waals surface area contributed by atoms with E-state index in [1.807, 2.05) is 19.2 Å². The van der Waals surface area contributed by atoms with Crippen LogP contribution in [0.3, 0.4) is 0 Å². The van der Waals surface area contributed by atoms with Gasteiger partial charge >= 0.3 is 0 Å². The third-order valence-corrected chi connectivity index (χ3v) is 4.84. The van der Waals surface area contributed by atoms with Gasteiger partial charge in [0.15, 0.2) is 17.3 Å². The lowest BCUT2D eigenvalue weighted by Gasteiger charge is -2.33. The molecular formula is C19H24N6O5. The molecule has 3 aromatic rings. The number of pyridine rings is 1. The zero-order valence-corrected chi connectivity index (χ0v) is 17.3. The lowest BCUT2D eigenvalue weighted by Crippen LogP contribution is -2.39. The smallest absolute Gasteiger partial charge is 0.290 e. The fraction of sp³-hybridized carbons (Fsp3) is 0.421. The highest BCUT2D eigenvalue weighted by Crippen LogP contribution is 2.34. The van der Waals surface area contributed by atoms with Gasteiger partial charge in [-0.05, 0) is 35.0 Å². The standard InChI is InChI=1S/C18H22N6O3.CH2O2/c1-11-7-17(19-13-9-15(26-4)14(25-3)8-12(11)13)24-5-6-27-16(10-24)18-20-21-22-23(18)2;2-1-3/h7-9,16H,5-6,10H2,1-4H3;1H,(H,2,3). The molecule has 0 spiro atoms. The van der Waals surface area contributed by atoms with Crippen LogP contribution in [0.25, 0.3) is 10.9 Å². The lowest BCUT2D eigenvalue weighted by molar-refractivity contribution is -0.122. The molecule has 160 valence electrons. The van der Waals surface area contributed by atoms with Crippen LogP contribution in [0.2, 0.25) is 0 Å². The molecule has 0 saturated carbocycles. The van der Waals surface area contributed by atoms with Crippen LogP contribution in [0, 0.1) is 6.92 Å². The Labute approximate surface area is 173 Å². The molecule has 1 aromatic carbocycles. The van der Waals surface area contributed by atoms with Crippen molar-refractivity contribution in [3.8, 4) is 11.5 Å². The average molecular weight is 416 g/mol. The molecule has 0 radical (unpaired) electrons. The first-order valence-corrected chi connectivity index (χ1v) is 9.22. The van der Waals surface area contributed by atoms with E-state index in [1.165, 1.54) is 0 Å². The molecule has 1 unspecified atom stereocenters. The Hall–Kier alpha value is -3.47. The largest absolute Gasteiger partial charge is 0.493 e. The third kappa shape index (κ3) is 4.25. The van der Waals surface area contributed by atoms with Crippen molar-refractivity contribution in [1.82, 2.24) is 25.2 Å². The van der Waals surface area contributed by atoms with Crippen molar-refractivity contribution in [3.63, 3.8) is 0 Å². The Kier molecular flexibility index (Phi) is 6.62. The highest BCUT2D eigenvalue weighted by Gasteiger charge is 2.27. The van der Waals surface area contributed by atoms with Crippen LogP contribution < -0.4 is 14.4 Å². The lowest BCUT2D eigenvalue weighted by atomic mass is 10.1. The molecule has 1 aliphatic rings. The molecule has 2 aromatic heterocycles. The quantitative estimate of drug-likeness (QED) is 0.623. The number of rotatable bonds is 4. The van der Waals surface area contributed by atoms with Crippen molar-refractivity contribution in [2.75, 3.05) is 38.8 Å². The number of aryl methyl sites for hydroxylation is 2. The van der Waals surface area contributed by atoms with Crippen LogP contribution in [0.1, 0.15) is 17.5 Å². The van der Waals surface area contributed by atoms with Crippen molar-refractivity contribution in [3.05, 3.63) is 29.6 Å². The van der Waals surface area contributed by atoms with Gasteiger partial charge in [-0.1, -0.05) is 0 Å². The van der Waals surface area contributed by atoms with Crippen molar-refractivity contribution < 1.29 is 24.1 Å². The van der Waals surface area contributed by atoms with E-state index in [4.69, 9.17) is 29.1 Å². The van der Waals surface area contributed by atoms with Gasteiger partial charge in [-0.25, -0.2) is 9.67 Å². The Morgan fingerprint density at radius 1 is 1.23 bits per heavy atom. The van der Waals surface area contributed by atoms with Crippen LogP contribution in [-0.2, 0) is 16.6 Å². The highest BCUT2D eigenvalue weighted by atomic mass is 16.5. The van der Waals surface area contributed by atoms with E-state index in [0.717, 1.165) is 28.8 Å². The Bertz CT molecular complexity index is 1020. The number of hydrogen-bond donors (Lipinski definition) is 1.